The van der Waals surface area contributed by atoms with Crippen LogP contribution in [0, 0.1) is 5.92 Å². The molecule has 0 saturated carbocycles. The van der Waals surface area contributed by atoms with E-state index in [9.17, 15) is 9.90 Å². The van der Waals surface area contributed by atoms with Crippen LogP contribution in [0.4, 0.5) is 0 Å². The van der Waals surface area contributed by atoms with Gasteiger partial charge in [-0.25, -0.2) is 0 Å². The van der Waals surface area contributed by atoms with Gasteiger partial charge in [0.25, 0.3) is 0 Å². The molecule has 0 aliphatic carbocycles. The molecule has 2 N–H and O–H groups in total. The molecular weight excluding hydrogens is 286 g/mol. The number of hydrogen-bond donors (Lipinski definition) is 2. The summed E-state index contributed by atoms with van der Waals surface area (Å²) < 4.78 is 0.730. The second kappa shape index (κ2) is 6.71. The van der Waals surface area contributed by atoms with Crippen LogP contribution in [0.15, 0.2) is 22.9 Å². The molecule has 2 unspecified atom stereocenters. The molecule has 1 aromatic heterocycles. The fourth-order valence-electron chi connectivity index (χ4n) is 1.66. The van der Waals surface area contributed by atoms with Crippen molar-refractivity contribution in [1.29, 1.82) is 0 Å². The number of rotatable bonds is 6. The molecule has 0 aliphatic heterocycles. The molecule has 0 aliphatic rings. The average Bonchev–Trinajstić information content (AvgIpc) is 2.29. The molecule has 0 fully saturated rings. The average molecular weight is 302 g/mol. The van der Waals surface area contributed by atoms with E-state index in [1.54, 1.807) is 12.3 Å². The molecule has 0 spiro atoms. The molecule has 4 nitrogen and oxygen atoms in total. The van der Waals surface area contributed by atoms with Crippen molar-refractivity contribution in [3.8, 4) is 0 Å². The largest absolute Gasteiger partial charge is 0.481 e. The Kier molecular flexibility index (Phi) is 5.58. The van der Waals surface area contributed by atoms with Crippen molar-refractivity contribution in [2.45, 2.75) is 32.3 Å². The van der Waals surface area contributed by atoms with Crippen LogP contribution in [0.1, 0.15) is 37.9 Å². The first-order valence-electron chi connectivity index (χ1n) is 5.57. The van der Waals surface area contributed by atoms with Crippen LogP contribution >= 0.6 is 15.9 Å². The number of pyridine rings is 1. The third-order valence-electron chi connectivity index (χ3n) is 2.63. The van der Waals surface area contributed by atoms with E-state index in [1.807, 2.05) is 6.92 Å². The number of unbranched alkanes of at least 4 members (excludes halogenated alkanes) is 1. The Morgan fingerprint density at radius 1 is 1.53 bits per heavy atom. The number of carboxylic acids is 1. The SMILES string of the molecule is CCCCC(C(=O)O)C(O)c1cncc(Br)c1. The minimum absolute atomic E-state index is 0.472. The molecule has 1 rings (SSSR count). The lowest BCUT2D eigenvalue weighted by Crippen LogP contribution is -2.22. The zero-order chi connectivity index (χ0) is 12.8. The van der Waals surface area contributed by atoms with Crippen LogP contribution in [0.2, 0.25) is 0 Å². The van der Waals surface area contributed by atoms with Gasteiger partial charge in [0.05, 0.1) is 12.0 Å². The van der Waals surface area contributed by atoms with Crippen LogP contribution in [-0.4, -0.2) is 21.2 Å². The molecule has 0 radical (unpaired) electrons. The van der Waals surface area contributed by atoms with Crippen molar-refractivity contribution < 1.29 is 15.0 Å². The predicted molar refractivity (Wildman–Crippen MR) is 67.5 cm³/mol. The number of aliphatic hydroxyl groups excluding tert-OH is 1. The molecule has 1 aromatic rings. The number of aliphatic carboxylic acids is 1. The number of nitrogens with zero attached hydrogens (tertiary/aromatic N) is 1. The minimum Gasteiger partial charge on any atom is -0.481 e. The molecule has 94 valence electrons. The van der Waals surface area contributed by atoms with Gasteiger partial charge in [0.2, 0.25) is 0 Å². The number of halogens is 1. The maximum absolute atomic E-state index is 11.1. The van der Waals surface area contributed by atoms with E-state index >= 15 is 0 Å². The zero-order valence-electron chi connectivity index (χ0n) is 9.64. The maximum atomic E-state index is 11.1. The highest BCUT2D eigenvalue weighted by Gasteiger charge is 2.27. The Morgan fingerprint density at radius 2 is 2.24 bits per heavy atom. The van der Waals surface area contributed by atoms with Crippen molar-refractivity contribution in [2.24, 2.45) is 5.92 Å². The molecule has 2 atom stereocenters. The molecule has 17 heavy (non-hydrogen) atoms. The molecule has 0 amide bonds. The Labute approximate surface area is 109 Å². The summed E-state index contributed by atoms with van der Waals surface area (Å²) in [6, 6.07) is 1.69. The summed E-state index contributed by atoms with van der Waals surface area (Å²) in [5.41, 5.74) is 0.530. The van der Waals surface area contributed by atoms with E-state index in [2.05, 4.69) is 20.9 Å². The highest BCUT2D eigenvalue weighted by molar-refractivity contribution is 9.10. The summed E-state index contributed by atoms with van der Waals surface area (Å²) in [4.78, 5) is 15.0. The van der Waals surface area contributed by atoms with E-state index in [-0.39, 0.29) is 0 Å². The van der Waals surface area contributed by atoms with E-state index in [4.69, 9.17) is 5.11 Å². The number of aromatic nitrogens is 1. The Morgan fingerprint density at radius 3 is 2.76 bits per heavy atom. The lowest BCUT2D eigenvalue weighted by atomic mass is 9.92. The van der Waals surface area contributed by atoms with Gasteiger partial charge in [0, 0.05) is 22.4 Å². The van der Waals surface area contributed by atoms with Crippen LogP contribution < -0.4 is 0 Å². The van der Waals surface area contributed by atoms with Gasteiger partial charge in [-0.1, -0.05) is 19.8 Å². The fourth-order valence-corrected chi connectivity index (χ4v) is 2.05. The van der Waals surface area contributed by atoms with Gasteiger partial charge >= 0.3 is 5.97 Å². The van der Waals surface area contributed by atoms with Gasteiger partial charge in [-0.2, -0.15) is 0 Å². The molecular formula is C12H16BrNO3. The van der Waals surface area contributed by atoms with Crippen LogP contribution in [0.5, 0.6) is 0 Å². The smallest absolute Gasteiger partial charge is 0.309 e. The summed E-state index contributed by atoms with van der Waals surface area (Å²) in [5.74, 6) is -1.74. The third kappa shape index (κ3) is 4.09. The van der Waals surface area contributed by atoms with Crippen LogP contribution in [0.25, 0.3) is 0 Å². The van der Waals surface area contributed by atoms with Crippen molar-refractivity contribution in [3.63, 3.8) is 0 Å². The first-order chi connectivity index (χ1) is 8.06. The van der Waals surface area contributed by atoms with Crippen molar-refractivity contribution in [1.82, 2.24) is 4.98 Å². The first-order valence-corrected chi connectivity index (χ1v) is 6.37. The Balaban J connectivity index is 2.83. The Hall–Kier alpha value is -0.940. The van der Waals surface area contributed by atoms with Gasteiger partial charge in [-0.3, -0.25) is 9.78 Å². The number of hydrogen-bond acceptors (Lipinski definition) is 3. The molecule has 1 heterocycles. The van der Waals surface area contributed by atoms with Crippen molar-refractivity contribution in [3.05, 3.63) is 28.5 Å². The summed E-state index contributed by atoms with van der Waals surface area (Å²) in [6.45, 7) is 1.99. The van der Waals surface area contributed by atoms with Gasteiger partial charge < -0.3 is 10.2 Å². The standard InChI is InChI=1S/C12H16BrNO3/c1-2-3-4-10(12(16)17)11(15)8-5-9(13)7-14-6-8/h5-7,10-11,15H,2-4H2,1H3,(H,16,17). The second-order valence-electron chi connectivity index (χ2n) is 3.97. The molecule has 0 saturated heterocycles. The lowest BCUT2D eigenvalue weighted by molar-refractivity contribution is -0.146. The van der Waals surface area contributed by atoms with Crippen LogP contribution in [-0.2, 0) is 4.79 Å². The topological polar surface area (TPSA) is 70.4 Å². The van der Waals surface area contributed by atoms with Gasteiger partial charge in [-0.15, -0.1) is 0 Å². The summed E-state index contributed by atoms with van der Waals surface area (Å²) >= 11 is 3.25. The Bertz CT molecular complexity index is 384. The maximum Gasteiger partial charge on any atom is 0.309 e. The van der Waals surface area contributed by atoms with Crippen LogP contribution in [0.3, 0.4) is 0 Å². The molecule has 0 bridgehead atoms. The normalized spacial score (nSPS) is 14.3. The van der Waals surface area contributed by atoms with Crippen molar-refractivity contribution >= 4 is 21.9 Å². The van der Waals surface area contributed by atoms with E-state index < -0.39 is 18.0 Å². The highest BCUT2D eigenvalue weighted by Crippen LogP contribution is 2.27. The molecule has 0 aromatic carbocycles. The zero-order valence-corrected chi connectivity index (χ0v) is 11.2. The molecule has 5 heteroatoms. The monoisotopic (exact) mass is 301 g/mol. The summed E-state index contributed by atoms with van der Waals surface area (Å²) in [7, 11) is 0. The first kappa shape index (κ1) is 14.1. The van der Waals surface area contributed by atoms with E-state index in [1.165, 1.54) is 6.20 Å². The minimum atomic E-state index is -1.01. The summed E-state index contributed by atoms with van der Waals surface area (Å²) in [6.07, 6.45) is 4.25. The lowest BCUT2D eigenvalue weighted by Gasteiger charge is -2.19. The highest BCUT2D eigenvalue weighted by atomic mass is 79.9. The van der Waals surface area contributed by atoms with E-state index in [0.717, 1.165) is 17.3 Å². The number of carboxylic acid groups (broad SMARTS) is 1. The summed E-state index contributed by atoms with van der Waals surface area (Å²) in [5, 5.41) is 19.2. The number of aliphatic hydroxyl groups is 1. The van der Waals surface area contributed by atoms with Gasteiger partial charge in [0.15, 0.2) is 0 Å². The van der Waals surface area contributed by atoms with Gasteiger partial charge in [-0.05, 0) is 28.4 Å². The second-order valence-corrected chi connectivity index (χ2v) is 4.88. The van der Waals surface area contributed by atoms with Gasteiger partial charge in [0.1, 0.15) is 0 Å². The fraction of sp³-hybridized carbons (Fsp3) is 0.500. The van der Waals surface area contributed by atoms with Crippen molar-refractivity contribution in [2.75, 3.05) is 0 Å². The number of carbonyl (C=O) groups is 1. The predicted octanol–water partition coefficient (Wildman–Crippen LogP) is 2.77. The quantitative estimate of drug-likeness (QED) is 0.847. The third-order valence-corrected chi connectivity index (χ3v) is 3.07. The van der Waals surface area contributed by atoms with E-state index in [0.29, 0.717) is 12.0 Å².